The largest absolute Gasteiger partial charge is 0.451 e. The van der Waals surface area contributed by atoms with Gasteiger partial charge in [0.05, 0.1) is 11.9 Å². The quantitative estimate of drug-likeness (QED) is 0.769. The molecule has 4 rings (SSSR count). The maximum absolute atomic E-state index is 12.4. The molecule has 0 aliphatic carbocycles. The molecule has 3 aromatic rings. The number of nitrogens with one attached hydrogen (secondary N) is 1. The van der Waals surface area contributed by atoms with Gasteiger partial charge >= 0.3 is 6.09 Å². The summed E-state index contributed by atoms with van der Waals surface area (Å²) in [5.74, 6) is -0.559. The minimum atomic E-state index is -0.506. The van der Waals surface area contributed by atoms with Crippen molar-refractivity contribution in [1.82, 2.24) is 4.90 Å². The molecule has 0 saturated carbocycles. The molecule has 0 radical (unpaired) electrons. The zero-order chi connectivity index (χ0) is 18.8. The number of rotatable bonds is 4. The number of carbonyl (C=O) groups is 2. The van der Waals surface area contributed by atoms with Gasteiger partial charge in [0, 0.05) is 18.3 Å². The summed E-state index contributed by atoms with van der Waals surface area (Å²) in [5, 5.41) is 3.13. The highest BCUT2D eigenvalue weighted by molar-refractivity contribution is 6.02. The number of cyclic esters (lactones) is 1. The van der Waals surface area contributed by atoms with Gasteiger partial charge in [-0.15, -0.1) is 0 Å². The number of anilines is 1. The van der Waals surface area contributed by atoms with Crippen LogP contribution in [0.25, 0.3) is 11.0 Å². The van der Waals surface area contributed by atoms with Crippen LogP contribution in [-0.4, -0.2) is 30.1 Å². The molecule has 2 heterocycles. The molecule has 1 fully saturated rings. The second-order valence-electron chi connectivity index (χ2n) is 6.16. The minimum Gasteiger partial charge on any atom is -0.451 e. The van der Waals surface area contributed by atoms with E-state index in [1.807, 2.05) is 12.1 Å². The SMILES string of the molecule is O=C(Nc1ccc(CN2CCOC2=O)cc1)c1cc(=O)c2ccccc2o1. The molecular weight excluding hydrogens is 348 g/mol. The Hall–Kier alpha value is -3.61. The molecule has 7 nitrogen and oxygen atoms in total. The Balaban J connectivity index is 1.48. The molecule has 0 spiro atoms. The molecule has 1 aliphatic rings. The Morgan fingerprint density at radius 3 is 2.59 bits per heavy atom. The molecule has 0 bridgehead atoms. The first-order valence-corrected chi connectivity index (χ1v) is 8.45. The number of hydrogen-bond acceptors (Lipinski definition) is 5. The van der Waals surface area contributed by atoms with Gasteiger partial charge < -0.3 is 19.4 Å². The number of benzene rings is 2. The lowest BCUT2D eigenvalue weighted by Crippen LogP contribution is -2.23. The first-order valence-electron chi connectivity index (χ1n) is 8.45. The fraction of sp³-hybridized carbons (Fsp3) is 0.150. The summed E-state index contributed by atoms with van der Waals surface area (Å²) in [5.41, 5.74) is 1.57. The third kappa shape index (κ3) is 3.52. The van der Waals surface area contributed by atoms with Crippen molar-refractivity contribution in [3.8, 4) is 0 Å². The van der Waals surface area contributed by atoms with Crippen LogP contribution in [0.5, 0.6) is 0 Å². The molecule has 7 heteroatoms. The van der Waals surface area contributed by atoms with Crippen molar-refractivity contribution in [3.63, 3.8) is 0 Å². The van der Waals surface area contributed by atoms with Crippen molar-refractivity contribution in [3.05, 3.63) is 76.1 Å². The highest BCUT2D eigenvalue weighted by atomic mass is 16.6. The molecule has 0 unspecified atom stereocenters. The number of amides is 2. The van der Waals surface area contributed by atoms with Crippen LogP contribution >= 0.6 is 0 Å². The predicted molar refractivity (Wildman–Crippen MR) is 98.6 cm³/mol. The first kappa shape index (κ1) is 16.8. The maximum Gasteiger partial charge on any atom is 0.410 e. The number of ether oxygens (including phenoxy) is 1. The van der Waals surface area contributed by atoms with Crippen LogP contribution in [0.15, 0.2) is 63.8 Å². The van der Waals surface area contributed by atoms with Crippen LogP contribution < -0.4 is 10.7 Å². The van der Waals surface area contributed by atoms with E-state index in [-0.39, 0.29) is 17.3 Å². The molecule has 27 heavy (non-hydrogen) atoms. The zero-order valence-electron chi connectivity index (χ0n) is 14.3. The van der Waals surface area contributed by atoms with E-state index in [1.54, 1.807) is 41.3 Å². The normalized spacial score (nSPS) is 13.6. The first-order chi connectivity index (χ1) is 13.1. The second-order valence-corrected chi connectivity index (χ2v) is 6.16. The molecule has 1 aliphatic heterocycles. The van der Waals surface area contributed by atoms with Crippen LogP contribution in [0.4, 0.5) is 10.5 Å². The maximum atomic E-state index is 12.4. The molecule has 2 amide bonds. The molecular formula is C20H16N2O5. The number of carbonyl (C=O) groups excluding carboxylic acids is 2. The molecule has 1 saturated heterocycles. The predicted octanol–water partition coefficient (Wildman–Crippen LogP) is 3.00. The van der Waals surface area contributed by atoms with Gasteiger partial charge in [-0.25, -0.2) is 4.79 Å². The van der Waals surface area contributed by atoms with Gasteiger partial charge in [-0.2, -0.15) is 0 Å². The van der Waals surface area contributed by atoms with Crippen molar-refractivity contribution in [1.29, 1.82) is 0 Å². The fourth-order valence-electron chi connectivity index (χ4n) is 2.89. The molecule has 1 aromatic heterocycles. The van der Waals surface area contributed by atoms with Gasteiger partial charge in [-0.05, 0) is 29.8 Å². The lowest BCUT2D eigenvalue weighted by Gasteiger charge is -2.13. The van der Waals surface area contributed by atoms with E-state index < -0.39 is 5.91 Å². The average molecular weight is 364 g/mol. The zero-order valence-corrected chi connectivity index (χ0v) is 14.3. The third-order valence-electron chi connectivity index (χ3n) is 4.29. The highest BCUT2D eigenvalue weighted by Crippen LogP contribution is 2.16. The Morgan fingerprint density at radius 1 is 1.07 bits per heavy atom. The van der Waals surface area contributed by atoms with Gasteiger partial charge in [-0.1, -0.05) is 24.3 Å². The van der Waals surface area contributed by atoms with Crippen LogP contribution in [0.3, 0.4) is 0 Å². The van der Waals surface area contributed by atoms with Gasteiger partial charge in [0.15, 0.2) is 11.2 Å². The minimum absolute atomic E-state index is 0.0532. The Morgan fingerprint density at radius 2 is 1.85 bits per heavy atom. The summed E-state index contributed by atoms with van der Waals surface area (Å²) >= 11 is 0. The van der Waals surface area contributed by atoms with Crippen molar-refractivity contribution >= 4 is 28.7 Å². The standard InChI is InChI=1S/C20H16N2O5/c23-16-11-18(27-17-4-2-1-3-15(16)17)19(24)21-14-7-5-13(6-8-14)12-22-9-10-26-20(22)25/h1-8,11H,9-10,12H2,(H,21,24). The van der Waals surface area contributed by atoms with Crippen LogP contribution in [-0.2, 0) is 11.3 Å². The summed E-state index contributed by atoms with van der Waals surface area (Å²) in [6.07, 6.45) is -0.321. The van der Waals surface area contributed by atoms with E-state index in [0.29, 0.717) is 36.4 Å². The Bertz CT molecular complexity index is 1070. The topological polar surface area (TPSA) is 88.9 Å². The molecule has 1 N–H and O–H groups in total. The van der Waals surface area contributed by atoms with Crippen molar-refractivity contribution < 1.29 is 18.7 Å². The van der Waals surface area contributed by atoms with Gasteiger partial charge in [0.1, 0.15) is 12.2 Å². The number of nitrogens with zero attached hydrogens (tertiary/aromatic N) is 1. The summed E-state index contributed by atoms with van der Waals surface area (Å²) in [6.45, 7) is 1.43. The summed E-state index contributed by atoms with van der Waals surface area (Å²) < 4.78 is 10.4. The highest BCUT2D eigenvalue weighted by Gasteiger charge is 2.21. The van der Waals surface area contributed by atoms with Gasteiger partial charge in [0.25, 0.3) is 5.91 Å². The number of fused-ring (bicyclic) bond motifs is 1. The lowest BCUT2D eigenvalue weighted by atomic mass is 10.2. The number of para-hydroxylation sites is 1. The van der Waals surface area contributed by atoms with Gasteiger partial charge in [0.2, 0.25) is 0 Å². The summed E-state index contributed by atoms with van der Waals surface area (Å²) in [7, 11) is 0. The van der Waals surface area contributed by atoms with Crippen molar-refractivity contribution in [2.75, 3.05) is 18.5 Å². The van der Waals surface area contributed by atoms with E-state index in [0.717, 1.165) is 5.56 Å². The van der Waals surface area contributed by atoms with E-state index in [1.165, 1.54) is 6.07 Å². The fourth-order valence-corrected chi connectivity index (χ4v) is 2.89. The number of hydrogen-bond donors (Lipinski definition) is 1. The lowest BCUT2D eigenvalue weighted by molar-refractivity contribution is 0.0997. The van der Waals surface area contributed by atoms with Crippen molar-refractivity contribution in [2.24, 2.45) is 0 Å². The van der Waals surface area contributed by atoms with E-state index in [9.17, 15) is 14.4 Å². The third-order valence-corrected chi connectivity index (χ3v) is 4.29. The van der Waals surface area contributed by atoms with Gasteiger partial charge in [-0.3, -0.25) is 9.59 Å². The monoisotopic (exact) mass is 364 g/mol. The Labute approximate surface area is 154 Å². The molecule has 136 valence electrons. The summed E-state index contributed by atoms with van der Waals surface area (Å²) in [6, 6.07) is 15.1. The van der Waals surface area contributed by atoms with Crippen LogP contribution in [0, 0.1) is 0 Å². The van der Waals surface area contributed by atoms with E-state index in [2.05, 4.69) is 5.32 Å². The van der Waals surface area contributed by atoms with Crippen LogP contribution in [0.2, 0.25) is 0 Å². The molecule has 0 atom stereocenters. The molecule has 2 aromatic carbocycles. The second kappa shape index (κ2) is 6.95. The Kier molecular flexibility index (Phi) is 4.33. The van der Waals surface area contributed by atoms with Crippen molar-refractivity contribution in [2.45, 2.75) is 6.54 Å². The van der Waals surface area contributed by atoms with E-state index >= 15 is 0 Å². The summed E-state index contributed by atoms with van der Waals surface area (Å²) in [4.78, 5) is 37.6. The van der Waals surface area contributed by atoms with E-state index in [4.69, 9.17) is 9.15 Å². The average Bonchev–Trinajstić information content (AvgIpc) is 3.08. The smallest absolute Gasteiger partial charge is 0.410 e. The van der Waals surface area contributed by atoms with Crippen LogP contribution in [0.1, 0.15) is 16.1 Å².